The molecular weight excluding hydrogens is 314 g/mol. The summed E-state index contributed by atoms with van der Waals surface area (Å²) in [5.41, 5.74) is 7.08. The Morgan fingerprint density at radius 2 is 1.92 bits per heavy atom. The van der Waals surface area contributed by atoms with E-state index >= 15 is 0 Å². The lowest BCUT2D eigenvalue weighted by molar-refractivity contribution is 0.1000. The van der Waals surface area contributed by atoms with Crippen molar-refractivity contribution in [3.05, 3.63) is 54.2 Å². The van der Waals surface area contributed by atoms with Gasteiger partial charge in [0.15, 0.2) is 0 Å². The van der Waals surface area contributed by atoms with E-state index in [1.54, 1.807) is 18.3 Å². The zero-order valence-electron chi connectivity index (χ0n) is 14.6. The SMILES string of the molecule is C[C@@H](CN1CCN(c2ccccc2)CC1)Nc1cc(C(N)=O)ccn1. The van der Waals surface area contributed by atoms with Crippen molar-refractivity contribution in [2.24, 2.45) is 5.73 Å². The van der Waals surface area contributed by atoms with Gasteiger partial charge < -0.3 is 16.0 Å². The van der Waals surface area contributed by atoms with E-state index in [4.69, 9.17) is 5.73 Å². The Hall–Kier alpha value is -2.60. The van der Waals surface area contributed by atoms with Crippen LogP contribution in [0.5, 0.6) is 0 Å². The van der Waals surface area contributed by atoms with E-state index in [0.717, 1.165) is 32.7 Å². The number of nitrogens with one attached hydrogen (secondary N) is 1. The Kier molecular flexibility index (Phi) is 5.50. The van der Waals surface area contributed by atoms with E-state index in [9.17, 15) is 4.79 Å². The van der Waals surface area contributed by atoms with Crippen LogP contribution in [0.3, 0.4) is 0 Å². The number of amides is 1. The number of carbonyl (C=O) groups excluding carboxylic acids is 1. The van der Waals surface area contributed by atoms with Gasteiger partial charge in [-0.25, -0.2) is 4.98 Å². The smallest absolute Gasteiger partial charge is 0.248 e. The predicted molar refractivity (Wildman–Crippen MR) is 101 cm³/mol. The zero-order chi connectivity index (χ0) is 17.6. The summed E-state index contributed by atoms with van der Waals surface area (Å²) in [6.45, 7) is 7.21. The van der Waals surface area contributed by atoms with Crippen molar-refractivity contribution in [1.29, 1.82) is 0 Å². The van der Waals surface area contributed by atoms with E-state index in [0.29, 0.717) is 11.4 Å². The third kappa shape index (κ3) is 4.70. The number of pyridine rings is 1. The van der Waals surface area contributed by atoms with Gasteiger partial charge in [0, 0.05) is 56.2 Å². The van der Waals surface area contributed by atoms with Crippen LogP contribution in [0.4, 0.5) is 11.5 Å². The summed E-state index contributed by atoms with van der Waals surface area (Å²) in [5, 5.41) is 3.35. The van der Waals surface area contributed by atoms with Crippen LogP contribution in [0.1, 0.15) is 17.3 Å². The molecule has 2 aromatic rings. The van der Waals surface area contributed by atoms with E-state index in [1.807, 2.05) is 6.07 Å². The van der Waals surface area contributed by atoms with Crippen molar-refractivity contribution in [3.8, 4) is 0 Å². The molecule has 1 aliphatic rings. The molecule has 1 aliphatic heterocycles. The summed E-state index contributed by atoms with van der Waals surface area (Å²) in [6.07, 6.45) is 1.60. The second-order valence-corrected chi connectivity index (χ2v) is 6.46. The molecule has 25 heavy (non-hydrogen) atoms. The molecule has 1 fully saturated rings. The first-order valence-corrected chi connectivity index (χ1v) is 8.66. The third-order valence-electron chi connectivity index (χ3n) is 4.46. The van der Waals surface area contributed by atoms with E-state index in [2.05, 4.69) is 51.3 Å². The van der Waals surface area contributed by atoms with Crippen LogP contribution in [0.2, 0.25) is 0 Å². The average Bonchev–Trinajstić information content (AvgIpc) is 2.63. The molecule has 6 nitrogen and oxygen atoms in total. The van der Waals surface area contributed by atoms with Gasteiger partial charge in [-0.05, 0) is 31.2 Å². The van der Waals surface area contributed by atoms with Crippen LogP contribution in [0, 0.1) is 0 Å². The number of rotatable bonds is 6. The topological polar surface area (TPSA) is 74.5 Å². The molecule has 0 bridgehead atoms. The Morgan fingerprint density at radius 1 is 1.20 bits per heavy atom. The molecule has 1 aromatic heterocycles. The van der Waals surface area contributed by atoms with Crippen LogP contribution in [-0.4, -0.2) is 54.6 Å². The summed E-state index contributed by atoms with van der Waals surface area (Å²) < 4.78 is 0. The van der Waals surface area contributed by atoms with Gasteiger partial charge in [-0.1, -0.05) is 18.2 Å². The predicted octanol–water partition coefficient (Wildman–Crippen LogP) is 1.80. The van der Waals surface area contributed by atoms with Crippen molar-refractivity contribution in [3.63, 3.8) is 0 Å². The Labute approximate surface area is 148 Å². The normalized spacial score (nSPS) is 16.4. The van der Waals surface area contributed by atoms with Crippen LogP contribution >= 0.6 is 0 Å². The number of hydrogen-bond acceptors (Lipinski definition) is 5. The highest BCUT2D eigenvalue weighted by Crippen LogP contribution is 2.16. The number of hydrogen-bond donors (Lipinski definition) is 2. The van der Waals surface area contributed by atoms with Gasteiger partial charge in [0.25, 0.3) is 0 Å². The van der Waals surface area contributed by atoms with Crippen molar-refractivity contribution in [2.45, 2.75) is 13.0 Å². The number of benzene rings is 1. The number of anilines is 2. The summed E-state index contributed by atoms with van der Waals surface area (Å²) in [6, 6.07) is 14.1. The zero-order valence-corrected chi connectivity index (χ0v) is 14.6. The number of nitrogens with two attached hydrogens (primary N) is 1. The van der Waals surface area contributed by atoms with Crippen LogP contribution < -0.4 is 16.0 Å². The van der Waals surface area contributed by atoms with E-state index in [-0.39, 0.29) is 6.04 Å². The Bertz CT molecular complexity index is 698. The highest BCUT2D eigenvalue weighted by molar-refractivity contribution is 5.93. The highest BCUT2D eigenvalue weighted by Gasteiger charge is 2.18. The fourth-order valence-corrected chi connectivity index (χ4v) is 3.18. The van der Waals surface area contributed by atoms with Crippen molar-refractivity contribution in [1.82, 2.24) is 9.88 Å². The maximum atomic E-state index is 11.3. The summed E-state index contributed by atoms with van der Waals surface area (Å²) >= 11 is 0. The minimum atomic E-state index is -0.435. The molecule has 0 saturated carbocycles. The maximum Gasteiger partial charge on any atom is 0.248 e. The van der Waals surface area contributed by atoms with E-state index < -0.39 is 5.91 Å². The van der Waals surface area contributed by atoms with Gasteiger partial charge in [-0.2, -0.15) is 0 Å². The van der Waals surface area contributed by atoms with Gasteiger partial charge in [-0.15, -0.1) is 0 Å². The Balaban J connectivity index is 1.49. The minimum Gasteiger partial charge on any atom is -0.369 e. The lowest BCUT2D eigenvalue weighted by Crippen LogP contribution is -2.49. The molecule has 1 amide bonds. The molecule has 1 atom stereocenters. The van der Waals surface area contributed by atoms with Gasteiger partial charge in [0.05, 0.1) is 0 Å². The maximum absolute atomic E-state index is 11.3. The fourth-order valence-electron chi connectivity index (χ4n) is 3.18. The summed E-state index contributed by atoms with van der Waals surface area (Å²) in [5.74, 6) is 0.252. The van der Waals surface area contributed by atoms with Crippen molar-refractivity contribution < 1.29 is 4.79 Å². The first kappa shape index (κ1) is 17.2. The first-order valence-electron chi connectivity index (χ1n) is 8.66. The van der Waals surface area contributed by atoms with Crippen LogP contribution in [0.25, 0.3) is 0 Å². The monoisotopic (exact) mass is 339 g/mol. The van der Waals surface area contributed by atoms with Crippen molar-refractivity contribution >= 4 is 17.4 Å². The van der Waals surface area contributed by atoms with Gasteiger partial charge in [-0.3, -0.25) is 9.69 Å². The minimum absolute atomic E-state index is 0.235. The largest absolute Gasteiger partial charge is 0.369 e. The average molecular weight is 339 g/mol. The molecule has 6 heteroatoms. The number of carbonyl (C=O) groups is 1. The van der Waals surface area contributed by atoms with Gasteiger partial charge in [0.2, 0.25) is 5.91 Å². The second kappa shape index (κ2) is 7.98. The van der Waals surface area contributed by atoms with Crippen molar-refractivity contribution in [2.75, 3.05) is 42.9 Å². The summed E-state index contributed by atoms with van der Waals surface area (Å²) in [7, 11) is 0. The second-order valence-electron chi connectivity index (χ2n) is 6.46. The quantitative estimate of drug-likeness (QED) is 0.839. The fraction of sp³-hybridized carbons (Fsp3) is 0.368. The number of piperazine rings is 1. The number of nitrogens with zero attached hydrogens (tertiary/aromatic N) is 3. The number of aromatic nitrogens is 1. The molecule has 1 saturated heterocycles. The molecule has 3 rings (SSSR count). The molecule has 1 aromatic carbocycles. The van der Waals surface area contributed by atoms with Crippen LogP contribution in [0.15, 0.2) is 48.7 Å². The first-order chi connectivity index (χ1) is 12.1. The number of para-hydroxylation sites is 1. The summed E-state index contributed by atoms with van der Waals surface area (Å²) in [4.78, 5) is 20.4. The molecule has 0 aliphatic carbocycles. The standard InChI is InChI=1S/C19H25N5O/c1-15(22-18-13-16(19(20)25)7-8-21-18)14-23-9-11-24(12-10-23)17-5-3-2-4-6-17/h2-8,13,15H,9-12,14H2,1H3,(H2,20,25)(H,21,22)/t15-/m0/s1. The molecule has 0 radical (unpaired) electrons. The third-order valence-corrected chi connectivity index (χ3v) is 4.46. The molecular formula is C19H25N5O. The molecule has 132 valence electrons. The van der Waals surface area contributed by atoms with Crippen LogP contribution in [-0.2, 0) is 0 Å². The molecule has 0 unspecified atom stereocenters. The van der Waals surface area contributed by atoms with Gasteiger partial charge >= 0.3 is 0 Å². The lowest BCUT2D eigenvalue weighted by Gasteiger charge is -2.37. The number of primary amides is 1. The Morgan fingerprint density at radius 3 is 2.60 bits per heavy atom. The van der Waals surface area contributed by atoms with E-state index in [1.165, 1.54) is 5.69 Å². The van der Waals surface area contributed by atoms with Gasteiger partial charge in [0.1, 0.15) is 5.82 Å². The lowest BCUT2D eigenvalue weighted by atomic mass is 10.2. The molecule has 2 heterocycles. The molecule has 3 N–H and O–H groups in total. The highest BCUT2D eigenvalue weighted by atomic mass is 16.1. The molecule has 0 spiro atoms.